The van der Waals surface area contributed by atoms with Crippen LogP contribution >= 0.6 is 0 Å². The zero-order valence-corrected chi connectivity index (χ0v) is 13.3. The van der Waals surface area contributed by atoms with Gasteiger partial charge in [0.05, 0.1) is 14.2 Å². The van der Waals surface area contributed by atoms with Crippen LogP contribution in [0.1, 0.15) is 32.8 Å². The molecular formula is C16H28N2O2. The second-order valence-corrected chi connectivity index (χ2v) is 5.58. The van der Waals surface area contributed by atoms with Crippen LogP contribution in [0.2, 0.25) is 0 Å². The van der Waals surface area contributed by atoms with E-state index in [1.807, 2.05) is 12.1 Å². The van der Waals surface area contributed by atoms with Gasteiger partial charge in [-0.05, 0) is 44.4 Å². The van der Waals surface area contributed by atoms with Crippen molar-refractivity contribution < 1.29 is 9.47 Å². The van der Waals surface area contributed by atoms with Gasteiger partial charge in [0, 0.05) is 18.1 Å². The van der Waals surface area contributed by atoms with E-state index in [1.165, 1.54) is 5.56 Å². The fraction of sp³-hybridized carbons (Fsp3) is 0.625. The fourth-order valence-electron chi connectivity index (χ4n) is 2.32. The van der Waals surface area contributed by atoms with Crippen LogP contribution in [-0.2, 0) is 6.42 Å². The lowest BCUT2D eigenvalue weighted by molar-refractivity contribution is 0.316. The van der Waals surface area contributed by atoms with E-state index in [0.717, 1.165) is 24.3 Å². The fourth-order valence-corrected chi connectivity index (χ4v) is 2.32. The third kappa shape index (κ3) is 4.39. The first kappa shape index (κ1) is 16.8. The van der Waals surface area contributed by atoms with Crippen molar-refractivity contribution in [3.63, 3.8) is 0 Å². The van der Waals surface area contributed by atoms with Gasteiger partial charge in [0.1, 0.15) is 0 Å². The van der Waals surface area contributed by atoms with Gasteiger partial charge in [-0.3, -0.25) is 0 Å². The summed E-state index contributed by atoms with van der Waals surface area (Å²) in [5.41, 5.74) is 7.04. The van der Waals surface area contributed by atoms with Crippen molar-refractivity contribution in [2.24, 2.45) is 5.73 Å². The van der Waals surface area contributed by atoms with E-state index in [-0.39, 0.29) is 5.54 Å². The van der Waals surface area contributed by atoms with Gasteiger partial charge in [0.25, 0.3) is 0 Å². The zero-order chi connectivity index (χ0) is 15.2. The minimum Gasteiger partial charge on any atom is -0.493 e. The smallest absolute Gasteiger partial charge is 0.160 e. The summed E-state index contributed by atoms with van der Waals surface area (Å²) in [6.07, 6.45) is 1.94. The lowest BCUT2D eigenvalue weighted by Gasteiger charge is -2.33. The maximum Gasteiger partial charge on any atom is 0.160 e. The standard InChI is InChI=1S/C16H28N2O2/c1-6-12(2)18-16(3,11-17)10-13-7-8-14(19-4)15(9-13)20-5/h7-9,12,18H,6,10-11,17H2,1-5H3. The first-order valence-electron chi connectivity index (χ1n) is 7.16. The van der Waals surface area contributed by atoms with Gasteiger partial charge in [0.15, 0.2) is 11.5 Å². The molecule has 20 heavy (non-hydrogen) atoms. The summed E-state index contributed by atoms with van der Waals surface area (Å²) in [6, 6.07) is 6.47. The molecule has 0 bridgehead atoms. The van der Waals surface area contributed by atoms with Crippen LogP contribution in [0.4, 0.5) is 0 Å². The molecule has 0 aromatic heterocycles. The minimum atomic E-state index is -0.116. The molecule has 0 fully saturated rings. The molecule has 3 N–H and O–H groups in total. The molecule has 0 aliphatic heterocycles. The largest absolute Gasteiger partial charge is 0.493 e. The van der Waals surface area contributed by atoms with Gasteiger partial charge >= 0.3 is 0 Å². The lowest BCUT2D eigenvalue weighted by Crippen LogP contribution is -2.53. The summed E-state index contributed by atoms with van der Waals surface area (Å²) in [7, 11) is 3.30. The molecule has 4 heteroatoms. The predicted molar refractivity (Wildman–Crippen MR) is 83.6 cm³/mol. The van der Waals surface area contributed by atoms with Crippen molar-refractivity contribution in [2.75, 3.05) is 20.8 Å². The van der Waals surface area contributed by atoms with Gasteiger partial charge < -0.3 is 20.5 Å². The molecule has 1 rings (SSSR count). The molecule has 0 saturated heterocycles. The molecule has 0 heterocycles. The minimum absolute atomic E-state index is 0.116. The molecule has 4 nitrogen and oxygen atoms in total. The van der Waals surface area contributed by atoms with Crippen LogP contribution in [0.3, 0.4) is 0 Å². The van der Waals surface area contributed by atoms with E-state index in [2.05, 4.69) is 32.2 Å². The van der Waals surface area contributed by atoms with Gasteiger partial charge in [-0.1, -0.05) is 13.0 Å². The molecule has 114 valence electrons. The number of hydrogen-bond donors (Lipinski definition) is 2. The molecule has 0 spiro atoms. The van der Waals surface area contributed by atoms with E-state index in [0.29, 0.717) is 12.6 Å². The molecule has 1 aromatic carbocycles. The normalized spacial score (nSPS) is 15.5. The maximum absolute atomic E-state index is 5.97. The van der Waals surface area contributed by atoms with Crippen molar-refractivity contribution in [1.82, 2.24) is 5.32 Å². The highest BCUT2D eigenvalue weighted by Crippen LogP contribution is 2.29. The SMILES string of the molecule is CCC(C)NC(C)(CN)Cc1ccc(OC)c(OC)c1. The Morgan fingerprint density at radius 2 is 1.90 bits per heavy atom. The molecular weight excluding hydrogens is 252 g/mol. The Labute approximate surface area is 122 Å². The second kappa shape index (κ2) is 7.50. The highest BCUT2D eigenvalue weighted by atomic mass is 16.5. The third-order valence-corrected chi connectivity index (χ3v) is 3.70. The number of ether oxygens (including phenoxy) is 2. The molecule has 0 aliphatic carbocycles. The van der Waals surface area contributed by atoms with Crippen molar-refractivity contribution in [1.29, 1.82) is 0 Å². The van der Waals surface area contributed by atoms with E-state index in [9.17, 15) is 0 Å². The van der Waals surface area contributed by atoms with E-state index in [4.69, 9.17) is 15.2 Å². The van der Waals surface area contributed by atoms with E-state index < -0.39 is 0 Å². The van der Waals surface area contributed by atoms with Gasteiger partial charge in [0.2, 0.25) is 0 Å². The molecule has 0 radical (unpaired) electrons. The summed E-state index contributed by atoms with van der Waals surface area (Å²) in [5.74, 6) is 1.51. The van der Waals surface area contributed by atoms with Crippen molar-refractivity contribution in [3.05, 3.63) is 23.8 Å². The van der Waals surface area contributed by atoms with Crippen molar-refractivity contribution in [2.45, 2.75) is 45.2 Å². The highest BCUT2D eigenvalue weighted by molar-refractivity contribution is 5.43. The summed E-state index contributed by atoms with van der Waals surface area (Å²) >= 11 is 0. The number of hydrogen-bond acceptors (Lipinski definition) is 4. The Morgan fingerprint density at radius 3 is 2.40 bits per heavy atom. The number of benzene rings is 1. The number of nitrogens with two attached hydrogens (primary N) is 1. The topological polar surface area (TPSA) is 56.5 Å². The number of methoxy groups -OCH3 is 2. The average molecular weight is 280 g/mol. The molecule has 0 amide bonds. The Bertz CT molecular complexity index is 423. The van der Waals surface area contributed by atoms with Crippen LogP contribution in [0.25, 0.3) is 0 Å². The van der Waals surface area contributed by atoms with Crippen LogP contribution in [-0.4, -0.2) is 32.3 Å². The van der Waals surface area contributed by atoms with Crippen LogP contribution in [0.15, 0.2) is 18.2 Å². The summed E-state index contributed by atoms with van der Waals surface area (Å²) in [4.78, 5) is 0. The summed E-state index contributed by atoms with van der Waals surface area (Å²) in [6.45, 7) is 7.11. The van der Waals surface area contributed by atoms with Gasteiger partial charge in [-0.15, -0.1) is 0 Å². The highest BCUT2D eigenvalue weighted by Gasteiger charge is 2.24. The Hall–Kier alpha value is -1.26. The van der Waals surface area contributed by atoms with Gasteiger partial charge in [-0.2, -0.15) is 0 Å². The first-order valence-corrected chi connectivity index (χ1v) is 7.16. The number of nitrogens with one attached hydrogen (secondary N) is 1. The maximum atomic E-state index is 5.97. The summed E-state index contributed by atoms with van der Waals surface area (Å²) < 4.78 is 10.6. The predicted octanol–water partition coefficient (Wildman–Crippen LogP) is 2.35. The van der Waals surface area contributed by atoms with E-state index in [1.54, 1.807) is 14.2 Å². The summed E-state index contributed by atoms with van der Waals surface area (Å²) in [5, 5.41) is 3.61. The molecule has 0 aliphatic rings. The quantitative estimate of drug-likeness (QED) is 0.767. The second-order valence-electron chi connectivity index (χ2n) is 5.58. The Kier molecular flexibility index (Phi) is 6.30. The van der Waals surface area contributed by atoms with Crippen LogP contribution < -0.4 is 20.5 Å². The first-order chi connectivity index (χ1) is 9.47. The van der Waals surface area contributed by atoms with Crippen molar-refractivity contribution >= 4 is 0 Å². The van der Waals surface area contributed by atoms with Crippen molar-refractivity contribution in [3.8, 4) is 11.5 Å². The lowest BCUT2D eigenvalue weighted by atomic mass is 9.91. The average Bonchev–Trinajstić information content (AvgIpc) is 2.46. The molecule has 2 atom stereocenters. The molecule has 2 unspecified atom stereocenters. The molecule has 1 aromatic rings. The van der Waals surface area contributed by atoms with Crippen LogP contribution in [0, 0.1) is 0 Å². The van der Waals surface area contributed by atoms with Gasteiger partial charge in [-0.25, -0.2) is 0 Å². The Balaban J connectivity index is 2.89. The number of rotatable bonds is 8. The van der Waals surface area contributed by atoms with Crippen LogP contribution in [0.5, 0.6) is 11.5 Å². The zero-order valence-electron chi connectivity index (χ0n) is 13.3. The van der Waals surface area contributed by atoms with E-state index >= 15 is 0 Å². The monoisotopic (exact) mass is 280 g/mol. The third-order valence-electron chi connectivity index (χ3n) is 3.70. The molecule has 0 saturated carbocycles. The Morgan fingerprint density at radius 1 is 1.25 bits per heavy atom.